The van der Waals surface area contributed by atoms with Crippen molar-refractivity contribution in [3.63, 3.8) is 0 Å². The summed E-state index contributed by atoms with van der Waals surface area (Å²) in [5.41, 5.74) is 0.231. The average molecular weight is 267 g/mol. The van der Waals surface area contributed by atoms with Crippen LogP contribution in [0.15, 0.2) is 40.1 Å². The monoisotopic (exact) mass is 266 g/mol. The van der Waals surface area contributed by atoms with Gasteiger partial charge in [0.1, 0.15) is 0 Å². The molecule has 5 nitrogen and oxygen atoms in total. The third-order valence-electron chi connectivity index (χ3n) is 2.37. The predicted molar refractivity (Wildman–Crippen MR) is 67.6 cm³/mol. The van der Waals surface area contributed by atoms with E-state index in [1.165, 1.54) is 6.20 Å². The lowest BCUT2D eigenvalue weighted by Gasteiger charge is -2.05. The van der Waals surface area contributed by atoms with Gasteiger partial charge in [-0.3, -0.25) is 9.78 Å². The number of H-pyrrole nitrogens is 2. The Hall–Kier alpha value is -1.85. The van der Waals surface area contributed by atoms with E-state index in [4.69, 9.17) is 16.3 Å². The van der Waals surface area contributed by atoms with Gasteiger partial charge in [-0.1, -0.05) is 29.8 Å². The maximum absolute atomic E-state index is 11.4. The number of ether oxygens (including phenoxy) is 1. The quantitative estimate of drug-likeness (QED) is 0.879. The molecule has 0 bridgehead atoms. The molecule has 0 aliphatic rings. The minimum absolute atomic E-state index is 0.108. The highest BCUT2D eigenvalue weighted by atomic mass is 35.5. The second-order valence-corrected chi connectivity index (χ2v) is 4.09. The van der Waals surface area contributed by atoms with Gasteiger partial charge in [0.05, 0.1) is 18.8 Å². The number of hydrogen-bond donors (Lipinski definition) is 2. The summed E-state index contributed by atoms with van der Waals surface area (Å²) in [4.78, 5) is 26.7. The Morgan fingerprint density at radius 3 is 2.56 bits per heavy atom. The first-order chi connectivity index (χ1) is 8.66. The predicted octanol–water partition coefficient (Wildman–Crippen LogP) is 1.43. The minimum atomic E-state index is -0.533. The molecule has 0 spiro atoms. The van der Waals surface area contributed by atoms with E-state index in [1.807, 2.05) is 18.2 Å². The Morgan fingerprint density at radius 2 is 1.83 bits per heavy atom. The van der Waals surface area contributed by atoms with E-state index < -0.39 is 11.2 Å². The summed E-state index contributed by atoms with van der Waals surface area (Å²) >= 11 is 5.96. The van der Waals surface area contributed by atoms with E-state index in [1.54, 1.807) is 6.07 Å². The topological polar surface area (TPSA) is 75.0 Å². The number of rotatable bonds is 4. The summed E-state index contributed by atoms with van der Waals surface area (Å²) in [5, 5.41) is 0.618. The molecule has 2 N–H and O–H groups in total. The summed E-state index contributed by atoms with van der Waals surface area (Å²) in [6.07, 6.45) is 1.34. The van der Waals surface area contributed by atoms with Crippen LogP contribution in [0.4, 0.5) is 0 Å². The number of nitrogens with one attached hydrogen (secondary N) is 2. The van der Waals surface area contributed by atoms with Crippen molar-refractivity contribution in [2.75, 3.05) is 0 Å². The first-order valence-corrected chi connectivity index (χ1v) is 5.66. The van der Waals surface area contributed by atoms with Crippen molar-refractivity contribution in [2.24, 2.45) is 0 Å². The normalized spacial score (nSPS) is 10.5. The highest BCUT2D eigenvalue weighted by molar-refractivity contribution is 6.31. The summed E-state index contributed by atoms with van der Waals surface area (Å²) in [6.45, 7) is 0.412. The van der Waals surface area contributed by atoms with Gasteiger partial charge in [-0.25, -0.2) is 4.79 Å². The summed E-state index contributed by atoms with van der Waals surface area (Å²) in [5.74, 6) is 0. The molecule has 94 valence electrons. The van der Waals surface area contributed by atoms with E-state index >= 15 is 0 Å². The van der Waals surface area contributed by atoms with Crippen LogP contribution in [0.2, 0.25) is 5.02 Å². The van der Waals surface area contributed by atoms with Crippen LogP contribution in [0.5, 0.6) is 0 Å². The molecule has 2 aromatic rings. The Balaban J connectivity index is 1.99. The molecular formula is C12H11ClN2O3. The van der Waals surface area contributed by atoms with Crippen LogP contribution in [0.1, 0.15) is 11.1 Å². The summed E-state index contributed by atoms with van der Waals surface area (Å²) in [6, 6.07) is 7.31. The molecule has 0 radical (unpaired) electrons. The van der Waals surface area contributed by atoms with Crippen molar-refractivity contribution in [1.29, 1.82) is 0 Å². The molecular weight excluding hydrogens is 256 g/mol. The van der Waals surface area contributed by atoms with Crippen molar-refractivity contribution in [3.05, 3.63) is 67.4 Å². The molecule has 0 atom stereocenters. The fraction of sp³-hybridized carbons (Fsp3) is 0.167. The Morgan fingerprint density at radius 1 is 1.11 bits per heavy atom. The average Bonchev–Trinajstić information content (AvgIpc) is 2.34. The first kappa shape index (κ1) is 12.6. The molecule has 1 heterocycles. The summed E-state index contributed by atoms with van der Waals surface area (Å²) < 4.78 is 5.38. The molecule has 0 saturated carbocycles. The Kier molecular flexibility index (Phi) is 3.96. The molecule has 0 unspecified atom stereocenters. The fourth-order valence-corrected chi connectivity index (χ4v) is 1.62. The SMILES string of the molecule is O=c1[nH]cc(COCc2ccccc2Cl)c(=O)[nH]1. The minimum Gasteiger partial charge on any atom is -0.372 e. The smallest absolute Gasteiger partial charge is 0.325 e. The number of benzene rings is 1. The highest BCUT2D eigenvalue weighted by Crippen LogP contribution is 2.15. The molecule has 0 amide bonds. The van der Waals surface area contributed by atoms with Gasteiger partial charge >= 0.3 is 5.69 Å². The van der Waals surface area contributed by atoms with Gasteiger partial charge in [-0.2, -0.15) is 0 Å². The molecule has 0 saturated heterocycles. The van der Waals surface area contributed by atoms with Crippen LogP contribution < -0.4 is 11.2 Å². The second-order valence-electron chi connectivity index (χ2n) is 3.68. The zero-order valence-corrected chi connectivity index (χ0v) is 10.2. The number of aromatic amines is 2. The van der Waals surface area contributed by atoms with Crippen LogP contribution >= 0.6 is 11.6 Å². The van der Waals surface area contributed by atoms with E-state index in [0.29, 0.717) is 17.2 Å². The zero-order valence-electron chi connectivity index (χ0n) is 9.40. The summed E-state index contributed by atoms with van der Waals surface area (Å²) in [7, 11) is 0. The third-order valence-corrected chi connectivity index (χ3v) is 2.74. The standard InChI is InChI=1S/C12H11ClN2O3/c13-10-4-2-1-3-8(10)6-18-7-9-5-14-12(17)15-11(9)16/h1-5H,6-7H2,(H2,14,15,16,17). The largest absolute Gasteiger partial charge is 0.372 e. The molecule has 18 heavy (non-hydrogen) atoms. The molecule has 2 rings (SSSR count). The van der Waals surface area contributed by atoms with Crippen LogP contribution in [0.25, 0.3) is 0 Å². The zero-order chi connectivity index (χ0) is 13.0. The van der Waals surface area contributed by atoms with E-state index in [-0.39, 0.29) is 6.61 Å². The van der Waals surface area contributed by atoms with Crippen molar-refractivity contribution in [1.82, 2.24) is 9.97 Å². The molecule has 0 fully saturated rings. The van der Waals surface area contributed by atoms with Gasteiger partial charge in [0.15, 0.2) is 0 Å². The number of halogens is 1. The lowest BCUT2D eigenvalue weighted by Crippen LogP contribution is -2.24. The Bertz CT molecular complexity index is 648. The van der Waals surface area contributed by atoms with Gasteiger partial charge in [0.2, 0.25) is 0 Å². The molecule has 0 aliphatic heterocycles. The van der Waals surface area contributed by atoms with Gasteiger partial charge in [0.25, 0.3) is 5.56 Å². The highest BCUT2D eigenvalue weighted by Gasteiger charge is 2.02. The van der Waals surface area contributed by atoms with E-state index in [9.17, 15) is 9.59 Å². The van der Waals surface area contributed by atoms with Gasteiger partial charge in [0, 0.05) is 11.2 Å². The van der Waals surface area contributed by atoms with E-state index in [0.717, 1.165) is 5.56 Å². The van der Waals surface area contributed by atoms with Crippen molar-refractivity contribution in [2.45, 2.75) is 13.2 Å². The van der Waals surface area contributed by atoms with Crippen molar-refractivity contribution >= 4 is 11.6 Å². The number of aromatic nitrogens is 2. The van der Waals surface area contributed by atoms with Crippen molar-refractivity contribution in [3.8, 4) is 0 Å². The lowest BCUT2D eigenvalue weighted by molar-refractivity contribution is 0.106. The van der Waals surface area contributed by atoms with Crippen LogP contribution in [0.3, 0.4) is 0 Å². The second kappa shape index (κ2) is 5.66. The van der Waals surface area contributed by atoms with Crippen LogP contribution in [-0.4, -0.2) is 9.97 Å². The Labute approximate surface area is 107 Å². The van der Waals surface area contributed by atoms with Crippen LogP contribution in [0, 0.1) is 0 Å². The lowest BCUT2D eigenvalue weighted by atomic mass is 10.2. The molecule has 1 aromatic carbocycles. The van der Waals surface area contributed by atoms with Crippen molar-refractivity contribution < 1.29 is 4.74 Å². The molecule has 6 heteroatoms. The maximum Gasteiger partial charge on any atom is 0.325 e. The maximum atomic E-state index is 11.4. The van der Waals surface area contributed by atoms with E-state index in [2.05, 4.69) is 9.97 Å². The van der Waals surface area contributed by atoms with Gasteiger partial charge in [-0.15, -0.1) is 0 Å². The first-order valence-electron chi connectivity index (χ1n) is 5.29. The molecule has 1 aromatic heterocycles. The third kappa shape index (κ3) is 3.09. The van der Waals surface area contributed by atoms with Crippen LogP contribution in [-0.2, 0) is 18.0 Å². The van der Waals surface area contributed by atoms with Gasteiger partial charge in [-0.05, 0) is 11.6 Å². The molecule has 0 aliphatic carbocycles. The van der Waals surface area contributed by atoms with Gasteiger partial charge < -0.3 is 9.72 Å². The number of hydrogen-bond acceptors (Lipinski definition) is 3. The fourth-order valence-electron chi connectivity index (χ4n) is 1.43.